The number of fused-ring (bicyclic) bond motifs is 2. The molecule has 2 nitrogen and oxygen atoms in total. The van der Waals surface area contributed by atoms with Gasteiger partial charge in [0.15, 0.2) is 0 Å². The van der Waals surface area contributed by atoms with Gasteiger partial charge in [-0.1, -0.05) is 260 Å². The Bertz CT molecular complexity index is 2600. The van der Waals surface area contributed by atoms with Crippen molar-refractivity contribution >= 4 is 128 Å². The molecule has 10 heteroatoms. The SMILES string of the molecule is CCCCCCCCCCCCOc1ccc2cc(/C=C/C3=CSC(=C4SC=CS4)S3)cc(-c3c(OCCCCCCCCCCCC)ccc4cc(/C=C/C5=CSC(=C6SC=CS6)S5)ccc34)c2c1. The second-order valence-electron chi connectivity index (χ2n) is 18.2. The molecule has 4 aromatic carbocycles. The van der Waals surface area contributed by atoms with E-state index in [1.54, 1.807) is 0 Å². The molecule has 8 rings (SSSR count). The smallest absolute Gasteiger partial charge is 0.127 e. The highest BCUT2D eigenvalue weighted by atomic mass is 32.2. The third-order valence-corrected chi connectivity index (χ3v) is 22.8. The Morgan fingerprint density at radius 2 is 0.886 bits per heavy atom. The molecule has 0 aromatic heterocycles. The first-order chi connectivity index (χ1) is 34.6. The first kappa shape index (κ1) is 54.0. The molecule has 0 fully saturated rings. The molecule has 70 heavy (non-hydrogen) atoms. The largest absolute Gasteiger partial charge is 0.494 e. The molecule has 0 saturated carbocycles. The molecule has 0 N–H and O–H groups in total. The number of rotatable bonds is 29. The summed E-state index contributed by atoms with van der Waals surface area (Å²) in [6.07, 6.45) is 35.4. The molecule has 0 saturated heterocycles. The molecular weight excluding hydrogens is 1010 g/mol. The second-order valence-corrected chi connectivity index (χ2v) is 26.9. The molecule has 4 heterocycles. The van der Waals surface area contributed by atoms with E-state index < -0.39 is 0 Å². The van der Waals surface area contributed by atoms with E-state index in [0.717, 1.165) is 36.5 Å². The zero-order chi connectivity index (χ0) is 48.0. The maximum Gasteiger partial charge on any atom is 0.127 e. The van der Waals surface area contributed by atoms with Gasteiger partial charge < -0.3 is 9.47 Å². The lowest BCUT2D eigenvalue weighted by Crippen LogP contribution is -2.00. The number of allylic oxidation sites excluding steroid dienone is 2. The Balaban J connectivity index is 1.05. The van der Waals surface area contributed by atoms with Crippen molar-refractivity contribution in [1.82, 2.24) is 0 Å². The number of ether oxygens (including phenoxy) is 2. The number of thioether (sulfide) groups is 8. The highest BCUT2D eigenvalue weighted by Crippen LogP contribution is 2.55. The van der Waals surface area contributed by atoms with Gasteiger partial charge >= 0.3 is 0 Å². The summed E-state index contributed by atoms with van der Waals surface area (Å²) in [5, 5.41) is 18.1. The normalized spacial score (nSPS) is 15.9. The fourth-order valence-corrected chi connectivity index (χ4v) is 17.7. The summed E-state index contributed by atoms with van der Waals surface area (Å²) in [6.45, 7) is 6.05. The third kappa shape index (κ3) is 16.6. The van der Waals surface area contributed by atoms with Crippen LogP contribution in [0.2, 0.25) is 0 Å². The third-order valence-electron chi connectivity index (χ3n) is 12.8. The highest BCUT2D eigenvalue weighted by molar-refractivity contribution is 8.34. The van der Waals surface area contributed by atoms with Crippen LogP contribution in [0.5, 0.6) is 11.5 Å². The van der Waals surface area contributed by atoms with Crippen molar-refractivity contribution in [2.45, 2.75) is 142 Å². The average Bonchev–Trinajstić information content (AvgIpc) is 4.25. The van der Waals surface area contributed by atoms with Crippen LogP contribution in [-0.4, -0.2) is 13.2 Å². The van der Waals surface area contributed by atoms with Crippen molar-refractivity contribution in [3.05, 3.63) is 143 Å². The summed E-state index contributed by atoms with van der Waals surface area (Å²) in [6, 6.07) is 22.9. The molecule has 0 radical (unpaired) electrons. The van der Waals surface area contributed by atoms with Crippen LogP contribution in [0.25, 0.3) is 44.8 Å². The summed E-state index contributed by atoms with van der Waals surface area (Å²) < 4.78 is 19.0. The minimum Gasteiger partial charge on any atom is -0.494 e. The standard InChI is InChI=1S/C60H70O2S8/c1-3-5-7-9-11-13-15-17-19-21-33-61-49-28-26-48-40-46(24-30-51-44-68-60(70-51)58-65-37-38-66-58)41-54(53(48)42-49)56-52-31-25-45(23-29-50-43-67-59(69-50)57-63-35-36-64-57)39-47(52)27-32-55(56)62-34-22-20-18-16-14-12-10-8-6-4-2/h23-32,35-44H,3-22,33-34H2,1-2H3/b29-23+,30-24+. The van der Waals surface area contributed by atoms with Gasteiger partial charge in [0.1, 0.15) is 11.5 Å². The Hall–Kier alpha value is -2.28. The topological polar surface area (TPSA) is 18.5 Å². The molecule has 0 bridgehead atoms. The molecule has 0 spiro atoms. The summed E-state index contributed by atoms with van der Waals surface area (Å²) in [5.41, 5.74) is 4.72. The van der Waals surface area contributed by atoms with E-state index in [9.17, 15) is 0 Å². The van der Waals surface area contributed by atoms with Gasteiger partial charge in [-0.15, -0.1) is 0 Å². The van der Waals surface area contributed by atoms with Crippen molar-refractivity contribution in [1.29, 1.82) is 0 Å². The summed E-state index contributed by atoms with van der Waals surface area (Å²) in [5.74, 6) is 1.89. The number of benzene rings is 4. The van der Waals surface area contributed by atoms with Crippen molar-refractivity contribution in [2.75, 3.05) is 13.2 Å². The van der Waals surface area contributed by atoms with Crippen molar-refractivity contribution in [2.24, 2.45) is 0 Å². The van der Waals surface area contributed by atoms with E-state index in [-0.39, 0.29) is 0 Å². The second kappa shape index (κ2) is 30.2. The summed E-state index contributed by atoms with van der Waals surface area (Å²) in [4.78, 5) is 2.56. The molecule has 0 unspecified atom stereocenters. The van der Waals surface area contributed by atoms with Crippen molar-refractivity contribution in [3.63, 3.8) is 0 Å². The van der Waals surface area contributed by atoms with E-state index >= 15 is 0 Å². The minimum absolute atomic E-state index is 0.712. The molecule has 370 valence electrons. The number of unbranched alkanes of at least 4 members (excludes halogenated alkanes) is 18. The van der Waals surface area contributed by atoms with Gasteiger partial charge in [0.05, 0.1) is 30.2 Å². The molecule has 0 amide bonds. The van der Waals surface area contributed by atoms with Gasteiger partial charge in [0.2, 0.25) is 0 Å². The van der Waals surface area contributed by atoms with Crippen molar-refractivity contribution < 1.29 is 9.47 Å². The molecule has 4 aliphatic heterocycles. The van der Waals surface area contributed by atoms with Gasteiger partial charge in [-0.05, 0) is 132 Å². The first-order valence-corrected chi connectivity index (χ1v) is 32.9. The maximum absolute atomic E-state index is 6.92. The maximum atomic E-state index is 6.92. The van der Waals surface area contributed by atoms with Crippen LogP contribution in [-0.2, 0) is 0 Å². The first-order valence-electron chi connectivity index (χ1n) is 26.0. The Labute approximate surface area is 454 Å². The van der Waals surface area contributed by atoms with Crippen LogP contribution in [0.3, 0.4) is 0 Å². The summed E-state index contributed by atoms with van der Waals surface area (Å²) >= 11 is 14.7. The highest BCUT2D eigenvalue weighted by Gasteiger charge is 2.20. The molecule has 0 atom stereocenters. The number of hydrogen-bond acceptors (Lipinski definition) is 10. The van der Waals surface area contributed by atoms with Crippen LogP contribution >= 0.6 is 94.1 Å². The molecule has 4 aromatic rings. The average molecular weight is 1080 g/mol. The van der Waals surface area contributed by atoms with E-state index in [1.165, 1.54) is 181 Å². The van der Waals surface area contributed by atoms with Crippen LogP contribution in [0.1, 0.15) is 153 Å². The van der Waals surface area contributed by atoms with Gasteiger partial charge in [0.25, 0.3) is 0 Å². The molecule has 4 aliphatic rings. The molecular formula is C60H70O2S8. The predicted molar refractivity (Wildman–Crippen MR) is 329 cm³/mol. The van der Waals surface area contributed by atoms with Crippen LogP contribution in [0.4, 0.5) is 0 Å². The fraction of sp³-hybridized carbons (Fsp3) is 0.400. The molecule has 0 aliphatic carbocycles. The van der Waals surface area contributed by atoms with Crippen LogP contribution in [0, 0.1) is 0 Å². The quantitative estimate of drug-likeness (QED) is 0.0488. The van der Waals surface area contributed by atoms with E-state index in [4.69, 9.17) is 9.47 Å². The lowest BCUT2D eigenvalue weighted by Gasteiger charge is -2.18. The lowest BCUT2D eigenvalue weighted by molar-refractivity contribution is 0.304. The van der Waals surface area contributed by atoms with Gasteiger partial charge in [-0.25, -0.2) is 0 Å². The van der Waals surface area contributed by atoms with E-state index in [0.29, 0.717) is 6.61 Å². The fourth-order valence-electron chi connectivity index (χ4n) is 8.96. The van der Waals surface area contributed by atoms with Gasteiger partial charge in [-0.2, -0.15) is 0 Å². The van der Waals surface area contributed by atoms with Gasteiger partial charge in [-0.3, -0.25) is 0 Å². The van der Waals surface area contributed by atoms with Crippen molar-refractivity contribution in [3.8, 4) is 22.6 Å². The lowest BCUT2D eigenvalue weighted by atomic mass is 9.90. The monoisotopic (exact) mass is 1080 g/mol. The van der Waals surface area contributed by atoms with E-state index in [1.807, 2.05) is 94.1 Å². The minimum atomic E-state index is 0.712. The number of hydrogen-bond donors (Lipinski definition) is 0. The zero-order valence-corrected chi connectivity index (χ0v) is 47.7. The Kier molecular flexibility index (Phi) is 23.3. The summed E-state index contributed by atoms with van der Waals surface area (Å²) in [7, 11) is 0. The van der Waals surface area contributed by atoms with E-state index in [2.05, 4.69) is 131 Å². The van der Waals surface area contributed by atoms with Crippen LogP contribution < -0.4 is 9.47 Å². The van der Waals surface area contributed by atoms with Crippen LogP contribution in [0.15, 0.2) is 132 Å². The predicted octanol–water partition coefficient (Wildman–Crippen LogP) is 23.1. The Morgan fingerprint density at radius 1 is 0.400 bits per heavy atom. The van der Waals surface area contributed by atoms with Gasteiger partial charge in [0, 0.05) is 15.4 Å². The Morgan fingerprint density at radius 3 is 1.46 bits per heavy atom. The zero-order valence-electron chi connectivity index (χ0n) is 41.2.